The Kier molecular flexibility index (Phi) is 6.69. The first-order chi connectivity index (χ1) is 16.3. The number of ether oxygens (including phenoxy) is 2. The van der Waals surface area contributed by atoms with E-state index in [4.69, 9.17) is 13.9 Å². The summed E-state index contributed by atoms with van der Waals surface area (Å²) in [6.45, 7) is 1.82. The minimum Gasteiger partial charge on any atom is -0.497 e. The van der Waals surface area contributed by atoms with Crippen LogP contribution in [-0.4, -0.2) is 33.4 Å². The number of aliphatic imine (C=N–C) groups is 1. The average Bonchev–Trinajstić information content (AvgIpc) is 3.09. The fourth-order valence-electron chi connectivity index (χ4n) is 3.72. The molecule has 4 rings (SSSR count). The van der Waals surface area contributed by atoms with E-state index in [0.29, 0.717) is 40.7 Å². The summed E-state index contributed by atoms with van der Waals surface area (Å²) < 4.78 is 43.1. The van der Waals surface area contributed by atoms with E-state index in [9.17, 15) is 18.0 Å². The van der Waals surface area contributed by atoms with Crippen LogP contribution in [0.4, 0.5) is 0 Å². The number of carbonyl (C=O) groups is 1. The monoisotopic (exact) mass is 484 g/mol. The number of methoxy groups -OCH3 is 1. The number of unbranched alkanes of at least 4 members (excludes halogenated alkanes) is 1. The van der Waals surface area contributed by atoms with Gasteiger partial charge >= 0.3 is 11.6 Å². The van der Waals surface area contributed by atoms with Crippen LogP contribution in [0.15, 0.2) is 67.6 Å². The molecule has 3 aromatic rings. The molecule has 34 heavy (non-hydrogen) atoms. The summed E-state index contributed by atoms with van der Waals surface area (Å²) in [5.41, 5.74) is 0.637. The van der Waals surface area contributed by atoms with Gasteiger partial charge in [-0.2, -0.15) is 0 Å². The van der Waals surface area contributed by atoms with Gasteiger partial charge in [-0.05, 0) is 30.7 Å². The van der Waals surface area contributed by atoms with Crippen LogP contribution in [0.1, 0.15) is 37.3 Å². The number of fused-ring (bicyclic) bond motifs is 2. The molecule has 0 amide bonds. The number of rotatable bonds is 8. The molecule has 10 heteroatoms. The van der Waals surface area contributed by atoms with Crippen LogP contribution in [0, 0.1) is 0 Å². The normalized spacial score (nSPS) is 16.1. The first kappa shape index (κ1) is 23.5. The van der Waals surface area contributed by atoms with Crippen LogP contribution in [0.25, 0.3) is 11.0 Å². The fourth-order valence-corrected chi connectivity index (χ4v) is 4.96. The Morgan fingerprint density at radius 1 is 1.18 bits per heavy atom. The van der Waals surface area contributed by atoms with Gasteiger partial charge < -0.3 is 13.9 Å². The molecule has 1 aliphatic heterocycles. The molecule has 0 aliphatic carbocycles. The zero-order valence-corrected chi connectivity index (χ0v) is 19.6. The maximum atomic E-state index is 13.0. The van der Waals surface area contributed by atoms with E-state index in [1.54, 1.807) is 36.4 Å². The molecule has 1 N–H and O–H groups in total. The van der Waals surface area contributed by atoms with Crippen molar-refractivity contribution in [3.05, 3.63) is 70.1 Å². The van der Waals surface area contributed by atoms with Crippen LogP contribution < -0.4 is 15.1 Å². The summed E-state index contributed by atoms with van der Waals surface area (Å²) in [5.74, 6) is 0.0329. The SMILES string of the molecule is CCCC[C@@H](N=C1NS(=O)(=O)c2ccccc21)C(=O)OCc1cc(=O)oc2cc(OC)ccc12. The summed E-state index contributed by atoms with van der Waals surface area (Å²) >= 11 is 0. The van der Waals surface area contributed by atoms with Crippen molar-refractivity contribution in [2.45, 2.75) is 43.7 Å². The summed E-state index contributed by atoms with van der Waals surface area (Å²) in [4.78, 5) is 29.5. The van der Waals surface area contributed by atoms with Crippen LogP contribution in [-0.2, 0) is 26.2 Å². The highest BCUT2D eigenvalue weighted by Crippen LogP contribution is 2.25. The van der Waals surface area contributed by atoms with Gasteiger partial charge in [-0.3, -0.25) is 9.71 Å². The van der Waals surface area contributed by atoms with E-state index in [-0.39, 0.29) is 17.3 Å². The first-order valence-corrected chi connectivity index (χ1v) is 12.3. The smallest absolute Gasteiger partial charge is 0.336 e. The van der Waals surface area contributed by atoms with Crippen molar-refractivity contribution < 1.29 is 27.1 Å². The zero-order valence-electron chi connectivity index (χ0n) is 18.7. The minimum atomic E-state index is -3.73. The Morgan fingerprint density at radius 3 is 2.74 bits per heavy atom. The third-order valence-corrected chi connectivity index (χ3v) is 6.86. The van der Waals surface area contributed by atoms with Gasteiger partial charge in [0.25, 0.3) is 10.0 Å². The molecule has 9 nitrogen and oxygen atoms in total. The second kappa shape index (κ2) is 9.68. The number of amidine groups is 1. The van der Waals surface area contributed by atoms with Crippen molar-refractivity contribution in [2.75, 3.05) is 7.11 Å². The number of hydrogen-bond acceptors (Lipinski definition) is 8. The summed E-state index contributed by atoms with van der Waals surface area (Å²) in [5, 5.41) is 0.613. The standard InChI is InChI=1S/C24H24N2O7S/c1-3-4-8-19(25-23-18-7-5-6-9-21(18)34(29,30)26-23)24(28)32-14-15-12-22(27)33-20-13-16(31-2)10-11-17(15)20/h5-7,9-13,19H,3-4,8,14H2,1-2H3,(H,25,26)/t19-/m1/s1. The van der Waals surface area contributed by atoms with Crippen LogP contribution in [0.3, 0.4) is 0 Å². The Bertz CT molecular complexity index is 1430. The molecule has 1 aromatic heterocycles. The van der Waals surface area contributed by atoms with Crippen molar-refractivity contribution in [2.24, 2.45) is 4.99 Å². The predicted molar refractivity (Wildman–Crippen MR) is 125 cm³/mol. The number of esters is 1. The molecular formula is C24H24N2O7S. The summed E-state index contributed by atoms with van der Waals surface area (Å²) in [6, 6.07) is 11.8. The van der Waals surface area contributed by atoms with E-state index in [1.165, 1.54) is 19.2 Å². The first-order valence-electron chi connectivity index (χ1n) is 10.8. The van der Waals surface area contributed by atoms with Gasteiger partial charge in [-0.15, -0.1) is 0 Å². The summed E-state index contributed by atoms with van der Waals surface area (Å²) in [7, 11) is -2.22. The number of hydrogen-bond donors (Lipinski definition) is 1. The van der Waals surface area contributed by atoms with Gasteiger partial charge in [0.2, 0.25) is 0 Å². The maximum absolute atomic E-state index is 13.0. The second-order valence-electron chi connectivity index (χ2n) is 7.80. The van der Waals surface area contributed by atoms with E-state index in [2.05, 4.69) is 9.71 Å². The van der Waals surface area contributed by atoms with E-state index in [0.717, 1.165) is 6.42 Å². The number of nitrogens with one attached hydrogen (secondary N) is 1. The molecule has 2 aromatic carbocycles. The van der Waals surface area contributed by atoms with Crippen molar-refractivity contribution >= 4 is 32.8 Å². The third kappa shape index (κ3) is 4.81. The van der Waals surface area contributed by atoms with E-state index in [1.807, 2.05) is 6.92 Å². The second-order valence-corrected chi connectivity index (χ2v) is 9.45. The molecule has 178 valence electrons. The van der Waals surface area contributed by atoms with Crippen molar-refractivity contribution in [1.82, 2.24) is 4.72 Å². The molecule has 0 fully saturated rings. The molecule has 0 saturated heterocycles. The van der Waals surface area contributed by atoms with Gasteiger partial charge in [0.15, 0.2) is 0 Å². The highest BCUT2D eigenvalue weighted by molar-refractivity contribution is 7.90. The van der Waals surface area contributed by atoms with Gasteiger partial charge in [0.1, 0.15) is 29.8 Å². The predicted octanol–water partition coefficient (Wildman–Crippen LogP) is 3.14. The lowest BCUT2D eigenvalue weighted by molar-refractivity contribution is -0.146. The van der Waals surface area contributed by atoms with Gasteiger partial charge in [-0.25, -0.2) is 18.0 Å². The van der Waals surface area contributed by atoms with Crippen LogP contribution in [0.5, 0.6) is 5.75 Å². The number of benzene rings is 2. The Hall–Kier alpha value is -3.66. The molecule has 0 spiro atoms. The fraction of sp³-hybridized carbons (Fsp3) is 0.292. The average molecular weight is 485 g/mol. The maximum Gasteiger partial charge on any atom is 0.336 e. The molecule has 0 radical (unpaired) electrons. The zero-order chi connectivity index (χ0) is 24.3. The Labute approximate surface area is 196 Å². The molecular weight excluding hydrogens is 460 g/mol. The number of nitrogens with zero attached hydrogens (tertiary/aromatic N) is 1. The van der Waals surface area contributed by atoms with E-state index < -0.39 is 27.7 Å². The van der Waals surface area contributed by atoms with Gasteiger partial charge in [0, 0.05) is 28.6 Å². The molecule has 0 unspecified atom stereocenters. The lowest BCUT2D eigenvalue weighted by atomic mass is 10.1. The van der Waals surface area contributed by atoms with Gasteiger partial charge in [0.05, 0.1) is 12.0 Å². The van der Waals surface area contributed by atoms with Crippen LogP contribution >= 0.6 is 0 Å². The highest BCUT2D eigenvalue weighted by atomic mass is 32.2. The number of carbonyl (C=O) groups excluding carboxylic acids is 1. The number of sulfonamides is 1. The lowest BCUT2D eigenvalue weighted by Gasteiger charge is -2.14. The van der Waals surface area contributed by atoms with Crippen LogP contribution in [0.2, 0.25) is 0 Å². The molecule has 1 aliphatic rings. The van der Waals surface area contributed by atoms with Crippen molar-refractivity contribution in [1.29, 1.82) is 0 Å². The van der Waals surface area contributed by atoms with Gasteiger partial charge in [-0.1, -0.05) is 31.9 Å². The molecule has 0 saturated carbocycles. The quantitative estimate of drug-likeness (QED) is 0.385. The Balaban J connectivity index is 1.59. The van der Waals surface area contributed by atoms with E-state index >= 15 is 0 Å². The summed E-state index contributed by atoms with van der Waals surface area (Å²) in [6.07, 6.45) is 1.91. The van der Waals surface area contributed by atoms with Crippen molar-refractivity contribution in [3.63, 3.8) is 0 Å². The molecule has 2 heterocycles. The topological polar surface area (TPSA) is 124 Å². The molecule has 1 atom stereocenters. The largest absolute Gasteiger partial charge is 0.497 e. The molecule has 0 bridgehead atoms. The highest BCUT2D eigenvalue weighted by Gasteiger charge is 2.32. The lowest BCUT2D eigenvalue weighted by Crippen LogP contribution is -2.28. The minimum absolute atomic E-state index is 0.117. The Morgan fingerprint density at radius 2 is 1.97 bits per heavy atom. The van der Waals surface area contributed by atoms with Crippen molar-refractivity contribution in [3.8, 4) is 5.75 Å². The third-order valence-electron chi connectivity index (χ3n) is 5.46.